The molecule has 0 bridgehead atoms. The van der Waals surface area contributed by atoms with Gasteiger partial charge >= 0.3 is 6.18 Å². The van der Waals surface area contributed by atoms with Gasteiger partial charge in [0.15, 0.2) is 5.69 Å². The summed E-state index contributed by atoms with van der Waals surface area (Å²) in [7, 11) is 1.51. The Labute approximate surface area is 108 Å². The molecule has 1 atom stereocenters. The van der Waals surface area contributed by atoms with Crippen molar-refractivity contribution in [2.75, 3.05) is 0 Å². The van der Waals surface area contributed by atoms with Crippen LogP contribution < -0.4 is 0 Å². The molecule has 2 rings (SSSR count). The average molecular weight is 270 g/mol. The predicted molar refractivity (Wildman–Crippen MR) is 64.3 cm³/mol. The molecule has 6 heteroatoms. The van der Waals surface area contributed by atoms with E-state index in [4.69, 9.17) is 0 Å². The van der Waals surface area contributed by atoms with Gasteiger partial charge in [0.2, 0.25) is 0 Å². The quantitative estimate of drug-likeness (QED) is 0.910. The number of halogens is 3. The second-order valence-electron chi connectivity index (χ2n) is 4.36. The minimum absolute atomic E-state index is 0.240. The average Bonchev–Trinajstić information content (AvgIpc) is 2.71. The fourth-order valence-electron chi connectivity index (χ4n) is 1.78. The van der Waals surface area contributed by atoms with E-state index >= 15 is 0 Å². The van der Waals surface area contributed by atoms with E-state index in [1.165, 1.54) is 11.6 Å². The van der Waals surface area contributed by atoms with Crippen molar-refractivity contribution in [3.05, 3.63) is 41.7 Å². The zero-order chi connectivity index (χ0) is 14.2. The molecule has 1 unspecified atom stereocenters. The topological polar surface area (TPSA) is 38.1 Å². The maximum absolute atomic E-state index is 12.6. The Kier molecular flexibility index (Phi) is 3.36. The lowest BCUT2D eigenvalue weighted by Crippen LogP contribution is -2.04. The van der Waals surface area contributed by atoms with Crippen molar-refractivity contribution in [2.45, 2.75) is 19.2 Å². The third kappa shape index (κ3) is 2.78. The molecule has 1 aromatic carbocycles. The molecule has 19 heavy (non-hydrogen) atoms. The van der Waals surface area contributed by atoms with Crippen molar-refractivity contribution in [3.8, 4) is 11.4 Å². The highest BCUT2D eigenvalue weighted by molar-refractivity contribution is 5.56. The van der Waals surface area contributed by atoms with Crippen molar-refractivity contribution >= 4 is 0 Å². The minimum Gasteiger partial charge on any atom is -0.389 e. The largest absolute Gasteiger partial charge is 0.434 e. The highest BCUT2D eigenvalue weighted by Gasteiger charge is 2.34. The van der Waals surface area contributed by atoms with E-state index < -0.39 is 18.0 Å². The molecule has 0 amide bonds. The Balaban J connectivity index is 2.39. The molecule has 0 aliphatic rings. The van der Waals surface area contributed by atoms with Crippen molar-refractivity contribution in [3.63, 3.8) is 0 Å². The van der Waals surface area contributed by atoms with Crippen molar-refractivity contribution < 1.29 is 18.3 Å². The van der Waals surface area contributed by atoms with Crippen molar-refractivity contribution in [1.82, 2.24) is 9.55 Å². The molecule has 1 aromatic heterocycles. The Morgan fingerprint density at radius 2 is 1.79 bits per heavy atom. The first-order valence-electron chi connectivity index (χ1n) is 5.68. The van der Waals surface area contributed by atoms with Crippen LogP contribution in [0.25, 0.3) is 11.4 Å². The fourth-order valence-corrected chi connectivity index (χ4v) is 1.78. The molecular formula is C13H13F3N2O. The number of hydrogen-bond acceptors (Lipinski definition) is 2. The zero-order valence-electron chi connectivity index (χ0n) is 10.4. The van der Waals surface area contributed by atoms with Gasteiger partial charge in [-0.1, -0.05) is 24.3 Å². The molecule has 0 aliphatic heterocycles. The van der Waals surface area contributed by atoms with Crippen LogP contribution >= 0.6 is 0 Å². The fraction of sp³-hybridized carbons (Fsp3) is 0.308. The summed E-state index contributed by atoms with van der Waals surface area (Å²) < 4.78 is 39.0. The summed E-state index contributed by atoms with van der Waals surface area (Å²) in [6.07, 6.45) is -4.10. The second kappa shape index (κ2) is 4.70. The summed E-state index contributed by atoms with van der Waals surface area (Å²) in [5, 5.41) is 9.38. The molecule has 1 heterocycles. The molecule has 0 saturated carbocycles. The number of alkyl halides is 3. The van der Waals surface area contributed by atoms with Gasteiger partial charge in [-0.25, -0.2) is 4.98 Å². The summed E-state index contributed by atoms with van der Waals surface area (Å²) in [6.45, 7) is 1.62. The maximum atomic E-state index is 12.6. The van der Waals surface area contributed by atoms with Gasteiger partial charge in [0, 0.05) is 18.8 Å². The van der Waals surface area contributed by atoms with E-state index in [0.717, 1.165) is 6.20 Å². The van der Waals surface area contributed by atoms with Crippen LogP contribution in [-0.2, 0) is 13.2 Å². The van der Waals surface area contributed by atoms with Crippen LogP contribution in [0.5, 0.6) is 0 Å². The van der Waals surface area contributed by atoms with Gasteiger partial charge in [-0.3, -0.25) is 0 Å². The normalized spacial score (nSPS) is 13.6. The number of nitrogens with zero attached hydrogens (tertiary/aromatic N) is 2. The second-order valence-corrected chi connectivity index (χ2v) is 4.36. The van der Waals surface area contributed by atoms with E-state index in [1.807, 2.05) is 0 Å². The van der Waals surface area contributed by atoms with E-state index in [0.29, 0.717) is 11.1 Å². The van der Waals surface area contributed by atoms with Crippen molar-refractivity contribution in [1.29, 1.82) is 0 Å². The van der Waals surface area contributed by atoms with Crippen LogP contribution in [0.3, 0.4) is 0 Å². The van der Waals surface area contributed by atoms with Gasteiger partial charge in [0.25, 0.3) is 0 Å². The van der Waals surface area contributed by atoms with Crippen LogP contribution in [0.1, 0.15) is 24.3 Å². The number of aliphatic hydroxyl groups is 1. The number of rotatable bonds is 2. The molecule has 102 valence electrons. The molecule has 0 radical (unpaired) electrons. The molecule has 0 fully saturated rings. The van der Waals surface area contributed by atoms with Gasteiger partial charge in [-0.2, -0.15) is 13.2 Å². The summed E-state index contributed by atoms with van der Waals surface area (Å²) >= 11 is 0. The van der Waals surface area contributed by atoms with Gasteiger partial charge in [-0.05, 0) is 12.5 Å². The summed E-state index contributed by atoms with van der Waals surface area (Å²) in [4.78, 5) is 3.60. The van der Waals surface area contributed by atoms with E-state index in [2.05, 4.69) is 4.98 Å². The number of hydrogen-bond donors (Lipinski definition) is 1. The summed E-state index contributed by atoms with van der Waals surface area (Å²) in [5.41, 5.74) is 0.362. The highest BCUT2D eigenvalue weighted by atomic mass is 19.4. The van der Waals surface area contributed by atoms with E-state index in [9.17, 15) is 18.3 Å². The van der Waals surface area contributed by atoms with Crippen LogP contribution in [-0.4, -0.2) is 14.7 Å². The number of benzene rings is 1. The van der Waals surface area contributed by atoms with Crippen molar-refractivity contribution in [2.24, 2.45) is 7.05 Å². The van der Waals surface area contributed by atoms with Gasteiger partial charge in [-0.15, -0.1) is 0 Å². The minimum atomic E-state index is -4.45. The Hall–Kier alpha value is -1.82. The first-order chi connectivity index (χ1) is 8.79. The lowest BCUT2D eigenvalue weighted by atomic mass is 10.1. The molecule has 1 N–H and O–H groups in total. The summed E-state index contributed by atoms with van der Waals surface area (Å²) in [6, 6.07) is 6.62. The first-order valence-corrected chi connectivity index (χ1v) is 5.68. The molecule has 2 aromatic rings. The number of aryl methyl sites for hydroxylation is 1. The Morgan fingerprint density at radius 1 is 1.21 bits per heavy atom. The molecule has 0 spiro atoms. The summed E-state index contributed by atoms with van der Waals surface area (Å²) in [5.74, 6) is 0.240. The zero-order valence-corrected chi connectivity index (χ0v) is 10.4. The number of imidazole rings is 1. The predicted octanol–water partition coefficient (Wildman–Crippen LogP) is 3.16. The number of aromatic nitrogens is 2. The monoisotopic (exact) mass is 270 g/mol. The van der Waals surface area contributed by atoms with Gasteiger partial charge in [0.05, 0.1) is 6.10 Å². The molecule has 0 saturated heterocycles. The third-order valence-electron chi connectivity index (χ3n) is 2.82. The number of aliphatic hydroxyl groups excluding tert-OH is 1. The first kappa shape index (κ1) is 13.6. The lowest BCUT2D eigenvalue weighted by molar-refractivity contribution is -0.140. The van der Waals surface area contributed by atoms with Gasteiger partial charge in [0.1, 0.15) is 5.82 Å². The van der Waals surface area contributed by atoms with Crippen LogP contribution in [0.15, 0.2) is 30.5 Å². The van der Waals surface area contributed by atoms with Crippen LogP contribution in [0.2, 0.25) is 0 Å². The van der Waals surface area contributed by atoms with Crippen LogP contribution in [0.4, 0.5) is 13.2 Å². The molecule has 0 aliphatic carbocycles. The van der Waals surface area contributed by atoms with Crippen LogP contribution in [0, 0.1) is 0 Å². The molecule has 3 nitrogen and oxygen atoms in total. The molecular weight excluding hydrogens is 257 g/mol. The van der Waals surface area contributed by atoms with E-state index in [-0.39, 0.29) is 5.82 Å². The maximum Gasteiger partial charge on any atom is 0.434 e. The lowest BCUT2D eigenvalue weighted by Gasteiger charge is -2.06. The van der Waals surface area contributed by atoms with Gasteiger partial charge < -0.3 is 9.67 Å². The Bertz CT molecular complexity index is 571. The standard InChI is InChI=1S/C13H13F3N2O/c1-8(19)9-3-5-10(6-4-9)12-17-11(7-18(12)2)13(14,15)16/h3-8,19H,1-2H3. The Morgan fingerprint density at radius 3 is 2.21 bits per heavy atom. The smallest absolute Gasteiger partial charge is 0.389 e. The highest BCUT2D eigenvalue weighted by Crippen LogP contribution is 2.30. The van der Waals surface area contributed by atoms with E-state index in [1.54, 1.807) is 31.2 Å². The third-order valence-corrected chi connectivity index (χ3v) is 2.82. The SMILES string of the molecule is CC(O)c1ccc(-c2nc(C(F)(F)F)cn2C)cc1.